The Morgan fingerprint density at radius 2 is 1.95 bits per heavy atom. The molecule has 0 spiro atoms. The van der Waals surface area contributed by atoms with Gasteiger partial charge in [0.25, 0.3) is 0 Å². The van der Waals surface area contributed by atoms with Crippen LogP contribution in [0.4, 0.5) is 4.39 Å². The van der Waals surface area contributed by atoms with Crippen LogP contribution < -0.4 is 0 Å². The molecule has 0 radical (unpaired) electrons. The summed E-state index contributed by atoms with van der Waals surface area (Å²) in [5.74, 6) is 0.199. The Morgan fingerprint density at radius 1 is 1.23 bits per heavy atom. The van der Waals surface area contributed by atoms with E-state index in [4.69, 9.17) is 0 Å². The highest BCUT2D eigenvalue weighted by Gasteiger charge is 2.29. The number of benzene rings is 1. The molecule has 3 rings (SSSR count). The SMILES string of the molecule is O=C(C1CCCCC1)C(Cc1ccc(F)cc1)n1ccnc1. The van der Waals surface area contributed by atoms with Gasteiger partial charge in [0.1, 0.15) is 5.82 Å². The van der Waals surface area contributed by atoms with Crippen molar-refractivity contribution in [2.45, 2.75) is 44.6 Å². The van der Waals surface area contributed by atoms with Gasteiger partial charge in [-0.3, -0.25) is 4.79 Å². The van der Waals surface area contributed by atoms with Crippen LogP contribution in [-0.2, 0) is 11.2 Å². The van der Waals surface area contributed by atoms with E-state index in [9.17, 15) is 9.18 Å². The molecule has 0 amide bonds. The molecule has 22 heavy (non-hydrogen) atoms. The minimum Gasteiger partial charge on any atom is -0.327 e. The molecule has 0 aliphatic heterocycles. The predicted octanol–water partition coefficient (Wildman–Crippen LogP) is 3.96. The van der Waals surface area contributed by atoms with Gasteiger partial charge in [-0.25, -0.2) is 9.37 Å². The highest BCUT2D eigenvalue weighted by molar-refractivity contribution is 5.85. The van der Waals surface area contributed by atoms with Crippen LogP contribution in [0.2, 0.25) is 0 Å². The molecule has 1 saturated carbocycles. The number of hydrogen-bond acceptors (Lipinski definition) is 2. The maximum Gasteiger partial charge on any atom is 0.159 e. The number of carbonyl (C=O) groups is 1. The smallest absolute Gasteiger partial charge is 0.159 e. The van der Waals surface area contributed by atoms with E-state index in [-0.39, 0.29) is 17.8 Å². The van der Waals surface area contributed by atoms with Crippen molar-refractivity contribution >= 4 is 5.78 Å². The zero-order valence-electron chi connectivity index (χ0n) is 12.6. The van der Waals surface area contributed by atoms with Gasteiger partial charge < -0.3 is 4.57 Å². The van der Waals surface area contributed by atoms with Gasteiger partial charge in [0, 0.05) is 24.7 Å². The van der Waals surface area contributed by atoms with Crippen molar-refractivity contribution in [3.8, 4) is 0 Å². The normalized spacial score (nSPS) is 17.3. The molecule has 2 aromatic rings. The monoisotopic (exact) mass is 300 g/mol. The van der Waals surface area contributed by atoms with Crippen LogP contribution >= 0.6 is 0 Å². The molecule has 1 fully saturated rings. The lowest BCUT2D eigenvalue weighted by Gasteiger charge is -2.26. The molecule has 1 aliphatic rings. The fraction of sp³-hybridized carbons (Fsp3) is 0.444. The molecule has 1 aliphatic carbocycles. The van der Waals surface area contributed by atoms with E-state index in [0.29, 0.717) is 12.2 Å². The molecule has 0 saturated heterocycles. The molecular formula is C18H21FN2O. The summed E-state index contributed by atoms with van der Waals surface area (Å²) >= 11 is 0. The summed E-state index contributed by atoms with van der Waals surface area (Å²) in [6, 6.07) is 6.17. The van der Waals surface area contributed by atoms with Crippen molar-refractivity contribution in [1.29, 1.82) is 0 Å². The second-order valence-corrected chi connectivity index (χ2v) is 6.09. The van der Waals surface area contributed by atoms with Crippen molar-refractivity contribution in [3.05, 3.63) is 54.4 Å². The van der Waals surface area contributed by atoms with Gasteiger partial charge >= 0.3 is 0 Å². The van der Waals surface area contributed by atoms with Gasteiger partial charge in [-0.1, -0.05) is 31.4 Å². The molecule has 4 heteroatoms. The largest absolute Gasteiger partial charge is 0.327 e. The zero-order chi connectivity index (χ0) is 15.4. The lowest BCUT2D eigenvalue weighted by Crippen LogP contribution is -2.29. The highest BCUT2D eigenvalue weighted by atomic mass is 19.1. The van der Waals surface area contributed by atoms with Crippen LogP contribution in [0.15, 0.2) is 43.0 Å². The second-order valence-electron chi connectivity index (χ2n) is 6.09. The van der Waals surface area contributed by atoms with Crippen molar-refractivity contribution in [2.24, 2.45) is 5.92 Å². The first-order chi connectivity index (χ1) is 10.7. The van der Waals surface area contributed by atoms with Crippen LogP contribution in [0.3, 0.4) is 0 Å². The number of halogens is 1. The number of nitrogens with zero attached hydrogens (tertiary/aromatic N) is 2. The van der Waals surface area contributed by atoms with Crippen LogP contribution in [-0.4, -0.2) is 15.3 Å². The molecule has 0 N–H and O–H groups in total. The Kier molecular flexibility index (Phi) is 4.66. The third-order valence-corrected chi connectivity index (χ3v) is 4.56. The number of ketones is 1. The second kappa shape index (κ2) is 6.86. The minimum atomic E-state index is -0.249. The van der Waals surface area contributed by atoms with Gasteiger partial charge in [-0.15, -0.1) is 0 Å². The molecular weight excluding hydrogens is 279 g/mol. The van der Waals surface area contributed by atoms with Crippen LogP contribution in [0.1, 0.15) is 43.7 Å². The van der Waals surface area contributed by atoms with Gasteiger partial charge in [-0.2, -0.15) is 0 Å². The summed E-state index contributed by atoms with van der Waals surface area (Å²) in [5, 5.41) is 0. The van der Waals surface area contributed by atoms with E-state index in [1.807, 2.05) is 10.8 Å². The first-order valence-corrected chi connectivity index (χ1v) is 7.99. The maximum absolute atomic E-state index is 13.1. The summed E-state index contributed by atoms with van der Waals surface area (Å²) in [6.45, 7) is 0. The number of imidazole rings is 1. The van der Waals surface area contributed by atoms with E-state index in [0.717, 1.165) is 31.2 Å². The molecule has 1 aromatic heterocycles. The summed E-state index contributed by atoms with van der Waals surface area (Å²) in [6.07, 6.45) is 11.3. The summed E-state index contributed by atoms with van der Waals surface area (Å²) in [5.41, 5.74) is 0.976. The standard InChI is InChI=1S/C18H21FN2O/c19-16-8-6-14(7-9-16)12-17(21-11-10-20-13-21)18(22)15-4-2-1-3-5-15/h6-11,13,15,17H,1-5,12H2. The third-order valence-electron chi connectivity index (χ3n) is 4.56. The highest BCUT2D eigenvalue weighted by Crippen LogP contribution is 2.29. The lowest BCUT2D eigenvalue weighted by atomic mass is 9.82. The van der Waals surface area contributed by atoms with Crippen LogP contribution in [0, 0.1) is 11.7 Å². The lowest BCUT2D eigenvalue weighted by molar-refractivity contribution is -0.127. The fourth-order valence-corrected chi connectivity index (χ4v) is 3.31. The number of Topliss-reactive ketones (excluding diaryl/α,β-unsaturated/α-hetero) is 1. The molecule has 1 atom stereocenters. The first kappa shape index (κ1) is 14.9. The van der Waals surface area contributed by atoms with Gasteiger partial charge in [-0.05, 0) is 30.5 Å². The van der Waals surface area contributed by atoms with Crippen LogP contribution in [0.5, 0.6) is 0 Å². The van der Waals surface area contributed by atoms with Gasteiger partial charge in [0.2, 0.25) is 0 Å². The Morgan fingerprint density at radius 3 is 2.59 bits per heavy atom. The van der Waals surface area contributed by atoms with Crippen molar-refractivity contribution < 1.29 is 9.18 Å². The number of carbonyl (C=O) groups excluding carboxylic acids is 1. The summed E-state index contributed by atoms with van der Waals surface area (Å²) in [4.78, 5) is 17.0. The maximum atomic E-state index is 13.1. The quantitative estimate of drug-likeness (QED) is 0.838. The van der Waals surface area contributed by atoms with E-state index < -0.39 is 0 Å². The van der Waals surface area contributed by atoms with Crippen molar-refractivity contribution in [1.82, 2.24) is 9.55 Å². The van der Waals surface area contributed by atoms with E-state index >= 15 is 0 Å². The summed E-state index contributed by atoms with van der Waals surface area (Å²) < 4.78 is 15.0. The van der Waals surface area contributed by atoms with E-state index in [1.165, 1.54) is 18.6 Å². The Balaban J connectivity index is 1.80. The Hall–Kier alpha value is -1.97. The van der Waals surface area contributed by atoms with Gasteiger partial charge in [0.15, 0.2) is 5.78 Å². The average Bonchev–Trinajstić information content (AvgIpc) is 3.09. The molecule has 1 aromatic carbocycles. The Bertz CT molecular complexity index is 601. The number of aromatic nitrogens is 2. The number of rotatable bonds is 5. The topological polar surface area (TPSA) is 34.9 Å². The molecule has 116 valence electrons. The molecule has 1 unspecified atom stereocenters. The van der Waals surface area contributed by atoms with E-state index in [1.54, 1.807) is 24.7 Å². The third kappa shape index (κ3) is 3.43. The van der Waals surface area contributed by atoms with E-state index in [2.05, 4.69) is 4.98 Å². The van der Waals surface area contributed by atoms with Crippen molar-refractivity contribution in [2.75, 3.05) is 0 Å². The number of hydrogen-bond donors (Lipinski definition) is 0. The minimum absolute atomic E-state index is 0.154. The summed E-state index contributed by atoms with van der Waals surface area (Å²) in [7, 11) is 0. The molecule has 0 bridgehead atoms. The Labute approximate surface area is 130 Å². The van der Waals surface area contributed by atoms with Gasteiger partial charge in [0.05, 0.1) is 12.4 Å². The molecule has 3 nitrogen and oxygen atoms in total. The zero-order valence-corrected chi connectivity index (χ0v) is 12.6. The predicted molar refractivity (Wildman–Crippen MR) is 83.0 cm³/mol. The fourth-order valence-electron chi connectivity index (χ4n) is 3.31. The first-order valence-electron chi connectivity index (χ1n) is 7.99. The molecule has 1 heterocycles. The van der Waals surface area contributed by atoms with Crippen molar-refractivity contribution in [3.63, 3.8) is 0 Å². The average molecular weight is 300 g/mol. The van der Waals surface area contributed by atoms with Crippen LogP contribution in [0.25, 0.3) is 0 Å².